The van der Waals surface area contributed by atoms with Crippen LogP contribution < -0.4 is 9.64 Å². The second-order valence-corrected chi connectivity index (χ2v) is 9.65. The maximum absolute atomic E-state index is 13.2. The molecule has 0 spiro atoms. The first-order chi connectivity index (χ1) is 17.9. The molecule has 0 N–H and O–H groups in total. The van der Waals surface area contributed by atoms with Crippen LogP contribution in [0.15, 0.2) is 59.2 Å². The summed E-state index contributed by atoms with van der Waals surface area (Å²) in [6.07, 6.45) is 2.79. The van der Waals surface area contributed by atoms with Crippen LogP contribution >= 0.6 is 0 Å². The fourth-order valence-electron chi connectivity index (χ4n) is 4.37. The van der Waals surface area contributed by atoms with Crippen molar-refractivity contribution in [3.05, 3.63) is 60.6 Å². The number of hydrogen-bond acceptors (Lipinski definition) is 7. The number of carbonyl (C=O) groups excluding carboxylic acids is 2. The molecule has 1 aliphatic heterocycles. The van der Waals surface area contributed by atoms with Gasteiger partial charge in [-0.3, -0.25) is 9.59 Å². The number of ether oxygens (including phenoxy) is 1. The Bertz CT molecular complexity index is 1150. The van der Waals surface area contributed by atoms with Gasteiger partial charge in [-0.15, -0.1) is 10.2 Å². The summed E-state index contributed by atoms with van der Waals surface area (Å²) in [5.74, 6) is 2.38. The first kappa shape index (κ1) is 26.2. The van der Waals surface area contributed by atoms with Gasteiger partial charge in [-0.25, -0.2) is 0 Å². The van der Waals surface area contributed by atoms with Gasteiger partial charge < -0.3 is 23.9 Å². The van der Waals surface area contributed by atoms with Gasteiger partial charge in [-0.05, 0) is 60.9 Å². The maximum atomic E-state index is 13.2. The van der Waals surface area contributed by atoms with E-state index in [4.69, 9.17) is 9.15 Å². The van der Waals surface area contributed by atoms with Crippen molar-refractivity contribution in [2.24, 2.45) is 5.92 Å². The standard InChI is InChI=1S/C28H35N5O4/c1-21(2)18-27(34)33(19-24-6-4-17-37-24)20-28(35)32-14-5-13-31(15-16-32)26-12-11-25(29-30-26)22-7-9-23(36-3)10-8-22/h4,6-12,17,21H,5,13-16,18-20H2,1-3H3. The van der Waals surface area contributed by atoms with Crippen LogP contribution in [-0.2, 0) is 16.1 Å². The molecule has 0 aliphatic carbocycles. The number of anilines is 1. The van der Waals surface area contributed by atoms with Crippen molar-refractivity contribution in [3.63, 3.8) is 0 Å². The van der Waals surface area contributed by atoms with E-state index in [1.807, 2.05) is 61.2 Å². The third-order valence-corrected chi connectivity index (χ3v) is 6.40. The number of benzene rings is 1. The second kappa shape index (κ2) is 12.4. The molecule has 1 fully saturated rings. The Morgan fingerprint density at radius 3 is 2.49 bits per heavy atom. The van der Waals surface area contributed by atoms with Crippen molar-refractivity contribution in [2.75, 3.05) is 44.7 Å². The smallest absolute Gasteiger partial charge is 0.242 e. The van der Waals surface area contributed by atoms with E-state index >= 15 is 0 Å². The van der Waals surface area contributed by atoms with Crippen LogP contribution in [0.25, 0.3) is 11.3 Å². The molecule has 37 heavy (non-hydrogen) atoms. The first-order valence-electron chi connectivity index (χ1n) is 12.7. The van der Waals surface area contributed by atoms with Crippen LogP contribution in [0.2, 0.25) is 0 Å². The monoisotopic (exact) mass is 505 g/mol. The SMILES string of the molecule is COc1ccc(-c2ccc(N3CCCN(C(=O)CN(Cc4ccco4)C(=O)CC(C)C)CC3)nn2)cc1. The number of hydrogen-bond donors (Lipinski definition) is 0. The molecule has 9 heteroatoms. The van der Waals surface area contributed by atoms with Crippen LogP contribution in [-0.4, -0.2) is 71.6 Å². The zero-order valence-corrected chi connectivity index (χ0v) is 21.8. The zero-order chi connectivity index (χ0) is 26.2. The summed E-state index contributed by atoms with van der Waals surface area (Å²) < 4.78 is 10.6. The Morgan fingerprint density at radius 2 is 1.84 bits per heavy atom. The highest BCUT2D eigenvalue weighted by Crippen LogP contribution is 2.22. The van der Waals surface area contributed by atoms with E-state index < -0.39 is 0 Å². The number of methoxy groups -OCH3 is 1. The largest absolute Gasteiger partial charge is 0.497 e. The Morgan fingerprint density at radius 1 is 1.03 bits per heavy atom. The maximum Gasteiger partial charge on any atom is 0.242 e. The molecule has 3 heterocycles. The highest BCUT2D eigenvalue weighted by molar-refractivity contribution is 5.85. The molecule has 3 aromatic rings. The molecule has 1 aliphatic rings. The van der Waals surface area contributed by atoms with E-state index in [9.17, 15) is 9.59 Å². The van der Waals surface area contributed by atoms with Gasteiger partial charge in [0.25, 0.3) is 0 Å². The highest BCUT2D eigenvalue weighted by Gasteiger charge is 2.25. The molecule has 9 nitrogen and oxygen atoms in total. The minimum absolute atomic E-state index is 0.0385. The molecule has 2 aromatic heterocycles. The lowest BCUT2D eigenvalue weighted by molar-refractivity contribution is -0.141. The molecule has 0 atom stereocenters. The van der Waals surface area contributed by atoms with E-state index in [-0.39, 0.29) is 24.3 Å². The average molecular weight is 506 g/mol. The summed E-state index contributed by atoms with van der Waals surface area (Å²) in [6, 6.07) is 15.3. The summed E-state index contributed by atoms with van der Waals surface area (Å²) >= 11 is 0. The molecular weight excluding hydrogens is 470 g/mol. The van der Waals surface area contributed by atoms with Crippen LogP contribution in [0.1, 0.15) is 32.4 Å². The quantitative estimate of drug-likeness (QED) is 0.436. The number of carbonyl (C=O) groups is 2. The zero-order valence-electron chi connectivity index (χ0n) is 21.8. The predicted octanol–water partition coefficient (Wildman–Crippen LogP) is 3.86. The minimum Gasteiger partial charge on any atom is -0.497 e. The summed E-state index contributed by atoms with van der Waals surface area (Å²) in [5, 5.41) is 8.87. The molecule has 0 bridgehead atoms. The molecule has 4 rings (SSSR count). The third kappa shape index (κ3) is 7.09. The molecule has 0 unspecified atom stereocenters. The van der Waals surface area contributed by atoms with Gasteiger partial charge in [0, 0.05) is 38.2 Å². The van der Waals surface area contributed by atoms with Gasteiger partial charge in [0.1, 0.15) is 18.1 Å². The second-order valence-electron chi connectivity index (χ2n) is 9.65. The fraction of sp³-hybridized carbons (Fsp3) is 0.429. The van der Waals surface area contributed by atoms with Crippen molar-refractivity contribution in [2.45, 2.75) is 33.2 Å². The van der Waals surface area contributed by atoms with Gasteiger partial charge in [0.15, 0.2) is 5.82 Å². The lowest BCUT2D eigenvalue weighted by Gasteiger charge is -2.27. The number of aromatic nitrogens is 2. The summed E-state index contributed by atoms with van der Waals surface area (Å²) in [7, 11) is 1.64. The summed E-state index contributed by atoms with van der Waals surface area (Å²) in [5.41, 5.74) is 1.76. The Hall–Kier alpha value is -3.88. The van der Waals surface area contributed by atoms with E-state index in [0.29, 0.717) is 38.4 Å². The molecule has 1 aromatic carbocycles. The van der Waals surface area contributed by atoms with Crippen molar-refractivity contribution >= 4 is 17.6 Å². The molecule has 0 radical (unpaired) electrons. The summed E-state index contributed by atoms with van der Waals surface area (Å²) in [4.78, 5) is 31.7. The summed E-state index contributed by atoms with van der Waals surface area (Å²) in [6.45, 7) is 6.97. The van der Waals surface area contributed by atoms with E-state index in [2.05, 4.69) is 15.1 Å². The van der Waals surface area contributed by atoms with Gasteiger partial charge >= 0.3 is 0 Å². The third-order valence-electron chi connectivity index (χ3n) is 6.40. The predicted molar refractivity (Wildman–Crippen MR) is 141 cm³/mol. The van der Waals surface area contributed by atoms with E-state index in [1.165, 1.54) is 0 Å². The number of furan rings is 1. The number of rotatable bonds is 9. The first-order valence-corrected chi connectivity index (χ1v) is 12.7. The van der Waals surface area contributed by atoms with Crippen LogP contribution in [0, 0.1) is 5.92 Å². The van der Waals surface area contributed by atoms with Crippen molar-refractivity contribution in [3.8, 4) is 17.0 Å². The highest BCUT2D eigenvalue weighted by atomic mass is 16.5. The van der Waals surface area contributed by atoms with Gasteiger partial charge in [-0.2, -0.15) is 0 Å². The van der Waals surface area contributed by atoms with Crippen LogP contribution in [0.4, 0.5) is 5.82 Å². The normalized spacial score (nSPS) is 13.9. The van der Waals surface area contributed by atoms with Crippen molar-refractivity contribution in [1.29, 1.82) is 0 Å². The van der Waals surface area contributed by atoms with Gasteiger partial charge in [0.2, 0.25) is 11.8 Å². The minimum atomic E-state index is -0.0496. The average Bonchev–Trinajstić information content (AvgIpc) is 3.29. The Labute approximate surface area is 218 Å². The molecule has 196 valence electrons. The fourth-order valence-corrected chi connectivity index (χ4v) is 4.37. The van der Waals surface area contributed by atoms with Crippen molar-refractivity contribution < 1.29 is 18.7 Å². The topological polar surface area (TPSA) is 92.0 Å². The molecule has 2 amide bonds. The molecule has 1 saturated heterocycles. The Balaban J connectivity index is 1.36. The number of amides is 2. The molecule has 0 saturated carbocycles. The molecular formula is C28H35N5O4. The van der Waals surface area contributed by atoms with E-state index in [1.54, 1.807) is 24.3 Å². The van der Waals surface area contributed by atoms with E-state index in [0.717, 1.165) is 35.8 Å². The Kier molecular flexibility index (Phi) is 8.77. The number of nitrogens with zero attached hydrogens (tertiary/aromatic N) is 5. The lowest BCUT2D eigenvalue weighted by Crippen LogP contribution is -2.44. The van der Waals surface area contributed by atoms with Gasteiger partial charge in [0.05, 0.1) is 25.6 Å². The van der Waals surface area contributed by atoms with Gasteiger partial charge in [-0.1, -0.05) is 13.8 Å². The lowest BCUT2D eigenvalue weighted by atomic mass is 10.1. The van der Waals surface area contributed by atoms with Crippen molar-refractivity contribution in [1.82, 2.24) is 20.0 Å². The van der Waals surface area contributed by atoms with Crippen LogP contribution in [0.5, 0.6) is 5.75 Å². The van der Waals surface area contributed by atoms with Crippen LogP contribution in [0.3, 0.4) is 0 Å².